The zero-order valence-electron chi connectivity index (χ0n) is 11.2. The Morgan fingerprint density at radius 1 is 1.43 bits per heavy atom. The quantitative estimate of drug-likeness (QED) is 0.931. The third-order valence-electron chi connectivity index (χ3n) is 3.46. The second-order valence-electron chi connectivity index (χ2n) is 4.92. The summed E-state index contributed by atoms with van der Waals surface area (Å²) in [6, 6.07) is 5.60. The van der Waals surface area contributed by atoms with Crippen molar-refractivity contribution in [2.45, 2.75) is 25.5 Å². The maximum atomic E-state index is 13.0. The number of nitrogens with zero attached hydrogens (tertiary/aromatic N) is 3. The lowest BCUT2D eigenvalue weighted by molar-refractivity contribution is 0.0691. The molecule has 0 amide bonds. The number of carbonyl (C=O) groups is 1. The Morgan fingerprint density at radius 3 is 2.81 bits per heavy atom. The lowest BCUT2D eigenvalue weighted by atomic mass is 10.1. The summed E-state index contributed by atoms with van der Waals surface area (Å²) < 4.78 is 20.1. The second-order valence-corrected chi connectivity index (χ2v) is 4.92. The number of aromatic nitrogens is 3. The zero-order valence-corrected chi connectivity index (χ0v) is 11.2. The van der Waals surface area contributed by atoms with Crippen molar-refractivity contribution in [2.24, 2.45) is 0 Å². The highest BCUT2D eigenvalue weighted by Crippen LogP contribution is 2.24. The number of carboxylic acid groups (broad SMARTS) is 1. The summed E-state index contributed by atoms with van der Waals surface area (Å²) in [5, 5.41) is 16.9. The van der Waals surface area contributed by atoms with Crippen molar-refractivity contribution in [3.05, 3.63) is 35.8 Å². The number of carboxylic acids is 1. The van der Waals surface area contributed by atoms with E-state index >= 15 is 0 Å². The van der Waals surface area contributed by atoms with E-state index in [4.69, 9.17) is 4.74 Å². The highest BCUT2D eigenvalue weighted by molar-refractivity contribution is 5.92. The molecule has 0 radical (unpaired) electrons. The molecule has 0 bridgehead atoms. The van der Waals surface area contributed by atoms with E-state index in [2.05, 4.69) is 10.3 Å². The monoisotopic (exact) mass is 291 g/mol. The SMILES string of the molecule is O=C(O)c1nnn(CC2CCCO2)c1-c1ccc(F)cc1. The van der Waals surface area contributed by atoms with Crippen molar-refractivity contribution in [3.63, 3.8) is 0 Å². The van der Waals surface area contributed by atoms with Crippen LogP contribution < -0.4 is 0 Å². The Hall–Kier alpha value is -2.28. The summed E-state index contributed by atoms with van der Waals surface area (Å²) >= 11 is 0. The Morgan fingerprint density at radius 2 is 2.19 bits per heavy atom. The summed E-state index contributed by atoms with van der Waals surface area (Å²) in [5.74, 6) is -1.54. The van der Waals surface area contributed by atoms with Crippen molar-refractivity contribution in [2.75, 3.05) is 6.61 Å². The lowest BCUT2D eigenvalue weighted by Crippen LogP contribution is -2.17. The van der Waals surface area contributed by atoms with Crippen LogP contribution in [-0.2, 0) is 11.3 Å². The summed E-state index contributed by atoms with van der Waals surface area (Å²) in [7, 11) is 0. The average Bonchev–Trinajstić information content (AvgIpc) is 3.10. The predicted molar refractivity (Wildman–Crippen MR) is 71.3 cm³/mol. The molecule has 2 heterocycles. The van der Waals surface area contributed by atoms with E-state index < -0.39 is 5.97 Å². The van der Waals surface area contributed by atoms with Crippen LogP contribution in [0.15, 0.2) is 24.3 Å². The van der Waals surface area contributed by atoms with E-state index in [9.17, 15) is 14.3 Å². The fourth-order valence-electron chi connectivity index (χ4n) is 2.46. The standard InChI is InChI=1S/C14H14FN3O3/c15-10-5-3-9(4-6-10)13-12(14(19)20)16-17-18(13)8-11-2-1-7-21-11/h3-6,11H,1-2,7-8H2,(H,19,20). The van der Waals surface area contributed by atoms with Gasteiger partial charge in [-0.25, -0.2) is 13.9 Å². The van der Waals surface area contributed by atoms with Gasteiger partial charge in [0.05, 0.1) is 12.6 Å². The molecular formula is C14H14FN3O3. The first-order valence-corrected chi connectivity index (χ1v) is 6.69. The molecule has 6 nitrogen and oxygen atoms in total. The molecule has 1 unspecified atom stereocenters. The van der Waals surface area contributed by atoms with Crippen molar-refractivity contribution in [1.29, 1.82) is 0 Å². The second kappa shape index (κ2) is 5.61. The minimum atomic E-state index is -1.16. The van der Waals surface area contributed by atoms with E-state index in [1.54, 1.807) is 0 Å². The number of halogens is 1. The number of hydrogen-bond donors (Lipinski definition) is 1. The van der Waals surface area contributed by atoms with Gasteiger partial charge >= 0.3 is 5.97 Å². The Balaban J connectivity index is 2.00. The van der Waals surface area contributed by atoms with Gasteiger partial charge in [-0.15, -0.1) is 5.10 Å². The van der Waals surface area contributed by atoms with Crippen LogP contribution in [0.25, 0.3) is 11.3 Å². The van der Waals surface area contributed by atoms with Gasteiger partial charge in [0, 0.05) is 12.2 Å². The zero-order chi connectivity index (χ0) is 14.8. The van der Waals surface area contributed by atoms with Crippen molar-refractivity contribution in [1.82, 2.24) is 15.0 Å². The molecule has 1 saturated heterocycles. The maximum Gasteiger partial charge on any atom is 0.358 e. The van der Waals surface area contributed by atoms with E-state index in [-0.39, 0.29) is 17.6 Å². The van der Waals surface area contributed by atoms with Crippen molar-refractivity contribution < 1.29 is 19.0 Å². The van der Waals surface area contributed by atoms with Crippen molar-refractivity contribution in [3.8, 4) is 11.3 Å². The van der Waals surface area contributed by atoms with Gasteiger partial charge in [0.2, 0.25) is 0 Å². The van der Waals surface area contributed by atoms with Crippen LogP contribution in [-0.4, -0.2) is 38.8 Å². The molecule has 7 heteroatoms. The van der Waals surface area contributed by atoms with Gasteiger partial charge in [-0.2, -0.15) is 0 Å². The van der Waals surface area contributed by atoms with Gasteiger partial charge in [0.1, 0.15) is 11.5 Å². The molecule has 1 N–H and O–H groups in total. The summed E-state index contributed by atoms with van der Waals surface area (Å²) in [6.45, 7) is 1.14. The van der Waals surface area contributed by atoms with E-state index in [0.717, 1.165) is 12.8 Å². The number of aromatic carboxylic acids is 1. The molecule has 1 aromatic carbocycles. The van der Waals surface area contributed by atoms with Gasteiger partial charge in [0.25, 0.3) is 0 Å². The average molecular weight is 291 g/mol. The van der Waals surface area contributed by atoms with E-state index in [0.29, 0.717) is 24.4 Å². The lowest BCUT2D eigenvalue weighted by Gasteiger charge is -2.12. The first-order chi connectivity index (χ1) is 10.1. The van der Waals surface area contributed by atoms with Gasteiger partial charge in [-0.3, -0.25) is 0 Å². The smallest absolute Gasteiger partial charge is 0.358 e. The normalized spacial score (nSPS) is 18.0. The van der Waals surface area contributed by atoms with Crippen LogP contribution in [0.3, 0.4) is 0 Å². The fourth-order valence-corrected chi connectivity index (χ4v) is 2.46. The third-order valence-corrected chi connectivity index (χ3v) is 3.46. The molecule has 1 aliphatic rings. The number of hydrogen-bond acceptors (Lipinski definition) is 4. The molecule has 0 aliphatic carbocycles. The van der Waals surface area contributed by atoms with Crippen LogP contribution in [0.2, 0.25) is 0 Å². The number of rotatable bonds is 4. The number of benzene rings is 1. The largest absolute Gasteiger partial charge is 0.476 e. The maximum absolute atomic E-state index is 13.0. The molecule has 110 valence electrons. The van der Waals surface area contributed by atoms with Crippen LogP contribution in [0.5, 0.6) is 0 Å². The molecule has 2 aromatic rings. The van der Waals surface area contributed by atoms with Gasteiger partial charge in [-0.05, 0) is 37.1 Å². The van der Waals surface area contributed by atoms with Gasteiger partial charge < -0.3 is 9.84 Å². The minimum Gasteiger partial charge on any atom is -0.476 e. The molecule has 1 aromatic heterocycles. The van der Waals surface area contributed by atoms with Gasteiger partial charge in [-0.1, -0.05) is 5.21 Å². The van der Waals surface area contributed by atoms with Crippen molar-refractivity contribution >= 4 is 5.97 Å². The molecule has 21 heavy (non-hydrogen) atoms. The van der Waals surface area contributed by atoms with Crippen LogP contribution in [0, 0.1) is 5.82 Å². The van der Waals surface area contributed by atoms with Crippen LogP contribution >= 0.6 is 0 Å². The Kier molecular flexibility index (Phi) is 3.66. The number of ether oxygens (including phenoxy) is 1. The third kappa shape index (κ3) is 2.78. The minimum absolute atomic E-state index is 0.00698. The van der Waals surface area contributed by atoms with Gasteiger partial charge in [0.15, 0.2) is 5.69 Å². The molecule has 1 fully saturated rings. The summed E-state index contributed by atoms with van der Waals surface area (Å²) in [6.07, 6.45) is 1.90. The van der Waals surface area contributed by atoms with E-state index in [1.165, 1.54) is 28.9 Å². The molecule has 0 spiro atoms. The molecule has 1 atom stereocenters. The Labute approximate surface area is 120 Å². The van der Waals surface area contributed by atoms with E-state index in [1.807, 2.05) is 0 Å². The molecule has 3 rings (SSSR count). The highest BCUT2D eigenvalue weighted by atomic mass is 19.1. The van der Waals surface area contributed by atoms with Crippen LogP contribution in [0.1, 0.15) is 23.3 Å². The first kappa shape index (κ1) is 13.7. The first-order valence-electron chi connectivity index (χ1n) is 6.69. The topological polar surface area (TPSA) is 77.2 Å². The molecule has 0 saturated carbocycles. The summed E-state index contributed by atoms with van der Waals surface area (Å²) in [5.41, 5.74) is 0.800. The summed E-state index contributed by atoms with van der Waals surface area (Å²) in [4.78, 5) is 11.3. The fraction of sp³-hybridized carbons (Fsp3) is 0.357. The molecular weight excluding hydrogens is 277 g/mol. The predicted octanol–water partition coefficient (Wildman–Crippen LogP) is 1.96. The Bertz CT molecular complexity index is 648. The highest BCUT2D eigenvalue weighted by Gasteiger charge is 2.24. The van der Waals surface area contributed by atoms with Crippen LogP contribution in [0.4, 0.5) is 4.39 Å². The molecule has 1 aliphatic heterocycles.